The largest absolute Gasteiger partial charge is 0.450 e. The summed E-state index contributed by atoms with van der Waals surface area (Å²) >= 11 is 1.41. The van der Waals surface area contributed by atoms with E-state index >= 15 is 0 Å². The Bertz CT molecular complexity index is 1000. The number of carbonyl (C=O) groups excluding carboxylic acids is 1. The summed E-state index contributed by atoms with van der Waals surface area (Å²) in [5.74, 6) is -0.0999. The van der Waals surface area contributed by atoms with Gasteiger partial charge in [-0.25, -0.2) is 0 Å². The molecule has 1 N–H and O–H groups in total. The van der Waals surface area contributed by atoms with Crippen molar-refractivity contribution in [2.24, 2.45) is 0 Å². The van der Waals surface area contributed by atoms with Crippen molar-refractivity contribution in [1.82, 2.24) is 0 Å². The quantitative estimate of drug-likeness (QED) is 0.488. The van der Waals surface area contributed by atoms with Crippen LogP contribution < -0.4 is 10.1 Å². The molecule has 0 spiro atoms. The highest BCUT2D eigenvalue weighted by Crippen LogP contribution is 2.34. The maximum atomic E-state index is 12.0. The van der Waals surface area contributed by atoms with Crippen molar-refractivity contribution in [1.29, 1.82) is 0 Å². The van der Waals surface area contributed by atoms with Gasteiger partial charge in [0, 0.05) is 17.1 Å². The normalized spacial score (nSPS) is 10.2. The van der Waals surface area contributed by atoms with Crippen molar-refractivity contribution in [3.05, 3.63) is 85.1 Å². The summed E-state index contributed by atoms with van der Waals surface area (Å²) < 4.78 is 5.46. The van der Waals surface area contributed by atoms with Crippen molar-refractivity contribution in [2.45, 2.75) is 0 Å². The van der Waals surface area contributed by atoms with Crippen LogP contribution in [0.3, 0.4) is 0 Å². The molecule has 0 radical (unpaired) electrons. The Hall–Kier alpha value is -3.79. The van der Waals surface area contributed by atoms with E-state index < -0.39 is 21.2 Å². The molecule has 0 fully saturated rings. The summed E-state index contributed by atoms with van der Waals surface area (Å²) in [5.41, 5.74) is 0.151. The lowest BCUT2D eigenvalue weighted by molar-refractivity contribution is -0.394. The predicted molar refractivity (Wildman–Crippen MR) is 98.5 cm³/mol. The van der Waals surface area contributed by atoms with E-state index in [4.69, 9.17) is 4.74 Å². The highest BCUT2D eigenvalue weighted by Gasteiger charge is 2.21. The summed E-state index contributed by atoms with van der Waals surface area (Å²) in [7, 11) is 0. The summed E-state index contributed by atoms with van der Waals surface area (Å²) in [4.78, 5) is 32.4. The molecule has 1 amide bonds. The van der Waals surface area contributed by atoms with Crippen LogP contribution in [0.1, 0.15) is 10.4 Å². The zero-order valence-corrected chi connectivity index (χ0v) is 14.3. The van der Waals surface area contributed by atoms with Crippen LogP contribution in [0.25, 0.3) is 0 Å². The van der Waals surface area contributed by atoms with Gasteiger partial charge < -0.3 is 10.1 Å². The molecule has 0 aliphatic rings. The lowest BCUT2D eigenvalue weighted by Crippen LogP contribution is -2.10. The van der Waals surface area contributed by atoms with Crippen molar-refractivity contribution in [3.63, 3.8) is 0 Å². The molecule has 1 aromatic heterocycles. The van der Waals surface area contributed by atoms with Crippen LogP contribution >= 0.6 is 11.3 Å². The number of hydrogen-bond donors (Lipinski definition) is 1. The fourth-order valence-electron chi connectivity index (χ4n) is 2.18. The van der Waals surface area contributed by atoms with E-state index in [2.05, 4.69) is 5.32 Å². The zero-order valence-electron chi connectivity index (χ0n) is 13.5. The van der Waals surface area contributed by atoms with Gasteiger partial charge >= 0.3 is 5.69 Å². The number of rotatable bonds is 6. The molecule has 0 saturated heterocycles. The molecule has 3 aromatic rings. The van der Waals surface area contributed by atoms with Gasteiger partial charge in [-0.05, 0) is 41.8 Å². The van der Waals surface area contributed by atoms with E-state index in [0.29, 0.717) is 11.3 Å². The number of nitro benzene ring substituents is 2. The van der Waals surface area contributed by atoms with Gasteiger partial charge in [0.2, 0.25) is 5.75 Å². The average Bonchev–Trinajstić information content (AvgIpc) is 3.18. The molecular formula is C17H11N3O6S. The summed E-state index contributed by atoms with van der Waals surface area (Å²) in [6, 6.07) is 11.0. The molecule has 2 aromatic carbocycles. The first-order valence-corrected chi connectivity index (χ1v) is 8.42. The van der Waals surface area contributed by atoms with Crippen LogP contribution in [0.4, 0.5) is 17.1 Å². The number of benzene rings is 2. The van der Waals surface area contributed by atoms with Crippen LogP contribution in [0.5, 0.6) is 11.5 Å². The lowest BCUT2D eigenvalue weighted by Gasteiger charge is -2.08. The van der Waals surface area contributed by atoms with Crippen molar-refractivity contribution in [3.8, 4) is 11.5 Å². The maximum Gasteiger partial charge on any atom is 0.318 e. The fourth-order valence-corrected chi connectivity index (χ4v) is 2.81. The van der Waals surface area contributed by atoms with Gasteiger partial charge in [0.25, 0.3) is 11.6 Å². The third kappa shape index (κ3) is 4.25. The highest BCUT2D eigenvalue weighted by atomic mass is 32.1. The number of nitro groups is 2. The molecule has 9 nitrogen and oxygen atoms in total. The second-order valence-corrected chi connectivity index (χ2v) is 6.04. The molecular weight excluding hydrogens is 374 g/mol. The maximum absolute atomic E-state index is 12.0. The van der Waals surface area contributed by atoms with Crippen LogP contribution in [-0.4, -0.2) is 15.8 Å². The SMILES string of the molecule is O=C(Nc1ccc(Oc2ccc([N+](=O)[O-])cc2[N+](=O)[O-])cc1)c1ccsc1. The van der Waals surface area contributed by atoms with E-state index in [1.54, 1.807) is 29.0 Å². The number of thiophene rings is 1. The van der Waals surface area contributed by atoms with Crippen LogP contribution in [0.2, 0.25) is 0 Å². The first-order valence-electron chi connectivity index (χ1n) is 7.48. The van der Waals surface area contributed by atoms with Gasteiger partial charge in [-0.3, -0.25) is 25.0 Å². The van der Waals surface area contributed by atoms with Crippen LogP contribution in [0.15, 0.2) is 59.3 Å². The molecule has 27 heavy (non-hydrogen) atoms. The number of carbonyl (C=O) groups is 1. The summed E-state index contributed by atoms with van der Waals surface area (Å²) in [6.45, 7) is 0. The molecule has 0 atom stereocenters. The molecule has 0 saturated carbocycles. The van der Waals surface area contributed by atoms with E-state index in [9.17, 15) is 25.0 Å². The van der Waals surface area contributed by atoms with Crippen molar-refractivity contribution < 1.29 is 19.4 Å². The molecule has 0 unspecified atom stereocenters. The third-order valence-corrected chi connectivity index (χ3v) is 4.16. The number of ether oxygens (including phenoxy) is 1. The van der Waals surface area contributed by atoms with E-state index in [-0.39, 0.29) is 17.4 Å². The summed E-state index contributed by atoms with van der Waals surface area (Å²) in [6.07, 6.45) is 0. The third-order valence-electron chi connectivity index (χ3n) is 3.47. The van der Waals surface area contributed by atoms with E-state index in [0.717, 1.165) is 12.1 Å². The van der Waals surface area contributed by atoms with Gasteiger partial charge in [-0.1, -0.05) is 0 Å². The molecule has 136 valence electrons. The van der Waals surface area contributed by atoms with Crippen molar-refractivity contribution in [2.75, 3.05) is 5.32 Å². The number of nitrogens with one attached hydrogen (secondary N) is 1. The second-order valence-electron chi connectivity index (χ2n) is 5.26. The van der Waals surface area contributed by atoms with E-state index in [1.165, 1.54) is 29.5 Å². The van der Waals surface area contributed by atoms with Crippen molar-refractivity contribution >= 4 is 34.3 Å². The Morgan fingerprint density at radius 3 is 2.33 bits per heavy atom. The molecule has 1 heterocycles. The Balaban J connectivity index is 1.76. The molecule has 0 aliphatic heterocycles. The smallest absolute Gasteiger partial charge is 0.318 e. The number of amides is 1. The number of non-ortho nitro benzene ring substituents is 1. The van der Waals surface area contributed by atoms with Crippen LogP contribution in [0, 0.1) is 20.2 Å². The second kappa shape index (κ2) is 7.62. The van der Waals surface area contributed by atoms with E-state index in [1.807, 2.05) is 0 Å². The number of hydrogen-bond acceptors (Lipinski definition) is 7. The minimum absolute atomic E-state index is 0.124. The Kier molecular flexibility index (Phi) is 5.08. The molecule has 10 heteroatoms. The standard InChI is InChI=1S/C17H11N3O6S/c21-17(11-7-8-27-10-11)18-12-1-4-14(5-2-12)26-16-6-3-13(19(22)23)9-15(16)20(24)25/h1-10H,(H,18,21). The monoisotopic (exact) mass is 385 g/mol. The molecule has 3 rings (SSSR count). The van der Waals surface area contributed by atoms with Gasteiger partial charge in [0.05, 0.1) is 21.5 Å². The highest BCUT2D eigenvalue weighted by molar-refractivity contribution is 7.08. The topological polar surface area (TPSA) is 125 Å². The minimum Gasteiger partial charge on any atom is -0.450 e. The van der Waals surface area contributed by atoms with Gasteiger partial charge in [-0.15, -0.1) is 0 Å². The fraction of sp³-hybridized carbons (Fsp3) is 0. The van der Waals surface area contributed by atoms with Gasteiger partial charge in [-0.2, -0.15) is 11.3 Å². The Morgan fingerprint density at radius 2 is 1.74 bits per heavy atom. The number of anilines is 1. The molecule has 0 aliphatic carbocycles. The van der Waals surface area contributed by atoms with Gasteiger partial charge in [0.15, 0.2) is 0 Å². The first kappa shape index (κ1) is 18.0. The van der Waals surface area contributed by atoms with Gasteiger partial charge in [0.1, 0.15) is 5.75 Å². The Morgan fingerprint density at radius 1 is 1.00 bits per heavy atom. The van der Waals surface area contributed by atoms with Crippen LogP contribution in [-0.2, 0) is 0 Å². The minimum atomic E-state index is -0.752. The Labute approximate surface area is 156 Å². The first-order chi connectivity index (χ1) is 12.9. The zero-order chi connectivity index (χ0) is 19.4. The molecule has 0 bridgehead atoms. The summed E-state index contributed by atoms with van der Waals surface area (Å²) in [5, 5.41) is 28.1. The predicted octanol–water partition coefficient (Wildman–Crippen LogP) is 4.61. The number of nitrogens with zero attached hydrogens (tertiary/aromatic N) is 2. The average molecular weight is 385 g/mol. The lowest BCUT2D eigenvalue weighted by atomic mass is 10.2.